The van der Waals surface area contributed by atoms with E-state index in [2.05, 4.69) is 15.9 Å². The van der Waals surface area contributed by atoms with Crippen LogP contribution >= 0.6 is 15.9 Å². The Labute approximate surface area is 126 Å². The molecule has 2 atom stereocenters. The van der Waals surface area contributed by atoms with Crippen molar-refractivity contribution in [3.05, 3.63) is 22.4 Å². The number of amides is 1. The van der Waals surface area contributed by atoms with E-state index >= 15 is 0 Å². The zero-order valence-electron chi connectivity index (χ0n) is 11.7. The summed E-state index contributed by atoms with van der Waals surface area (Å²) in [5.74, 6) is -0.778. The van der Waals surface area contributed by atoms with Crippen molar-refractivity contribution in [2.75, 3.05) is 6.54 Å². The number of halogens is 1. The number of aryl methyl sites for hydroxylation is 1. The van der Waals surface area contributed by atoms with Gasteiger partial charge < -0.3 is 14.6 Å². The largest absolute Gasteiger partial charge is 0.480 e. The average Bonchev–Trinajstić information content (AvgIpc) is 2.79. The molecule has 1 aliphatic rings. The van der Waals surface area contributed by atoms with Crippen LogP contribution in [0.5, 0.6) is 0 Å². The number of carboxylic acids is 1. The zero-order chi connectivity index (χ0) is 14.9. The van der Waals surface area contributed by atoms with Gasteiger partial charge in [-0.05, 0) is 47.7 Å². The zero-order valence-corrected chi connectivity index (χ0v) is 13.3. The van der Waals surface area contributed by atoms with E-state index in [4.69, 9.17) is 0 Å². The molecule has 5 nitrogen and oxygen atoms in total. The number of hydrogen-bond acceptors (Lipinski definition) is 2. The first-order valence-electron chi connectivity index (χ1n) is 6.83. The van der Waals surface area contributed by atoms with Crippen LogP contribution in [0.2, 0.25) is 0 Å². The summed E-state index contributed by atoms with van der Waals surface area (Å²) in [5.41, 5.74) is 0.542. The average molecular weight is 343 g/mol. The molecular weight excluding hydrogens is 324 g/mol. The summed E-state index contributed by atoms with van der Waals surface area (Å²) in [4.78, 5) is 25.5. The smallest absolute Gasteiger partial charge is 0.326 e. The molecule has 0 saturated carbocycles. The lowest BCUT2D eigenvalue weighted by Gasteiger charge is -2.36. The second-order valence-electron chi connectivity index (χ2n) is 5.31. The fourth-order valence-corrected chi connectivity index (χ4v) is 3.15. The SMILES string of the molecule is CCn1cc(Br)cc1C(=O)N1CCC(C)CC1C(=O)O. The molecule has 1 N–H and O–H groups in total. The van der Waals surface area contributed by atoms with Crippen LogP contribution < -0.4 is 0 Å². The molecule has 1 amide bonds. The first kappa shape index (κ1) is 15.1. The lowest BCUT2D eigenvalue weighted by Crippen LogP contribution is -2.50. The Balaban J connectivity index is 2.28. The number of likely N-dealkylation sites (tertiary alicyclic amines) is 1. The second kappa shape index (κ2) is 5.99. The van der Waals surface area contributed by atoms with Crippen molar-refractivity contribution in [2.45, 2.75) is 39.3 Å². The van der Waals surface area contributed by atoms with Crippen LogP contribution in [0.15, 0.2) is 16.7 Å². The van der Waals surface area contributed by atoms with Crippen molar-refractivity contribution in [3.63, 3.8) is 0 Å². The van der Waals surface area contributed by atoms with Crippen LogP contribution in [-0.4, -0.2) is 39.0 Å². The van der Waals surface area contributed by atoms with Crippen molar-refractivity contribution in [2.24, 2.45) is 5.92 Å². The molecule has 1 fully saturated rings. The molecule has 0 bridgehead atoms. The fourth-order valence-electron chi connectivity index (χ4n) is 2.68. The Morgan fingerprint density at radius 2 is 2.20 bits per heavy atom. The highest BCUT2D eigenvalue weighted by Gasteiger charge is 2.36. The molecule has 6 heteroatoms. The van der Waals surface area contributed by atoms with Gasteiger partial charge in [0.05, 0.1) is 0 Å². The van der Waals surface area contributed by atoms with Gasteiger partial charge in [-0.15, -0.1) is 0 Å². The third-order valence-corrected chi connectivity index (χ3v) is 4.27. The van der Waals surface area contributed by atoms with E-state index in [9.17, 15) is 14.7 Å². The third kappa shape index (κ3) is 2.90. The number of piperidine rings is 1. The van der Waals surface area contributed by atoms with Gasteiger partial charge in [-0.1, -0.05) is 6.92 Å². The summed E-state index contributed by atoms with van der Waals surface area (Å²) in [6.45, 7) is 5.16. The maximum atomic E-state index is 12.6. The molecule has 2 unspecified atom stereocenters. The highest BCUT2D eigenvalue weighted by atomic mass is 79.9. The first-order chi connectivity index (χ1) is 9.43. The third-order valence-electron chi connectivity index (χ3n) is 3.83. The molecule has 0 spiro atoms. The van der Waals surface area contributed by atoms with Gasteiger partial charge in [0, 0.05) is 23.8 Å². The van der Waals surface area contributed by atoms with Gasteiger partial charge in [0.25, 0.3) is 5.91 Å². The number of rotatable bonds is 3. The molecule has 0 aromatic carbocycles. The first-order valence-corrected chi connectivity index (χ1v) is 7.62. The highest BCUT2D eigenvalue weighted by molar-refractivity contribution is 9.10. The molecule has 20 heavy (non-hydrogen) atoms. The molecule has 1 aromatic rings. The van der Waals surface area contributed by atoms with E-state index in [1.807, 2.05) is 24.6 Å². The molecule has 1 aromatic heterocycles. The minimum Gasteiger partial charge on any atom is -0.480 e. The van der Waals surface area contributed by atoms with Crippen LogP contribution in [0.1, 0.15) is 37.2 Å². The van der Waals surface area contributed by atoms with Crippen LogP contribution in [0, 0.1) is 5.92 Å². The summed E-state index contributed by atoms with van der Waals surface area (Å²) in [5, 5.41) is 9.34. The second-order valence-corrected chi connectivity index (χ2v) is 6.23. The van der Waals surface area contributed by atoms with E-state index in [0.717, 1.165) is 10.9 Å². The van der Waals surface area contributed by atoms with E-state index in [1.54, 1.807) is 6.07 Å². The molecule has 2 rings (SSSR count). The van der Waals surface area contributed by atoms with Crippen LogP contribution in [0.4, 0.5) is 0 Å². The van der Waals surface area contributed by atoms with Crippen molar-refractivity contribution in [3.8, 4) is 0 Å². The minimum absolute atomic E-state index is 0.197. The van der Waals surface area contributed by atoms with E-state index in [-0.39, 0.29) is 5.91 Å². The quantitative estimate of drug-likeness (QED) is 0.918. The Morgan fingerprint density at radius 1 is 1.50 bits per heavy atom. The summed E-state index contributed by atoms with van der Waals surface area (Å²) in [7, 11) is 0. The Bertz CT molecular complexity index is 526. The van der Waals surface area contributed by atoms with Gasteiger partial charge in [-0.3, -0.25) is 4.79 Å². The molecule has 1 aliphatic heterocycles. The molecule has 0 radical (unpaired) electrons. The molecule has 0 aliphatic carbocycles. The normalized spacial score (nSPS) is 22.9. The number of hydrogen-bond donors (Lipinski definition) is 1. The molecule has 2 heterocycles. The standard InChI is InChI=1S/C14H19BrN2O3/c1-3-16-8-10(15)7-11(16)13(18)17-5-4-9(2)6-12(17)14(19)20/h7-9,12H,3-6H2,1-2H3,(H,19,20). The van der Waals surface area contributed by atoms with Gasteiger partial charge in [0.1, 0.15) is 11.7 Å². The molecular formula is C14H19BrN2O3. The number of carboxylic acid groups (broad SMARTS) is 1. The number of carbonyl (C=O) groups excluding carboxylic acids is 1. The topological polar surface area (TPSA) is 62.5 Å². The van der Waals surface area contributed by atoms with Crippen molar-refractivity contribution in [1.29, 1.82) is 0 Å². The number of aliphatic carboxylic acids is 1. The molecule has 110 valence electrons. The molecule has 1 saturated heterocycles. The number of nitrogens with zero attached hydrogens (tertiary/aromatic N) is 2. The fraction of sp³-hybridized carbons (Fsp3) is 0.571. The lowest BCUT2D eigenvalue weighted by atomic mass is 9.92. The van der Waals surface area contributed by atoms with Crippen molar-refractivity contribution < 1.29 is 14.7 Å². The van der Waals surface area contributed by atoms with Gasteiger partial charge in [0.2, 0.25) is 0 Å². The van der Waals surface area contributed by atoms with E-state index < -0.39 is 12.0 Å². The summed E-state index contributed by atoms with van der Waals surface area (Å²) in [6, 6.07) is 1.04. The predicted molar refractivity (Wildman–Crippen MR) is 78.7 cm³/mol. The minimum atomic E-state index is -0.918. The maximum absolute atomic E-state index is 12.6. The summed E-state index contributed by atoms with van der Waals surface area (Å²) >= 11 is 3.36. The van der Waals surface area contributed by atoms with E-state index in [0.29, 0.717) is 31.1 Å². The van der Waals surface area contributed by atoms with Gasteiger partial charge >= 0.3 is 5.97 Å². The predicted octanol–water partition coefficient (Wildman–Crippen LogP) is 2.60. The van der Waals surface area contributed by atoms with Gasteiger partial charge in [0.15, 0.2) is 0 Å². The Hall–Kier alpha value is -1.30. The summed E-state index contributed by atoms with van der Waals surface area (Å²) in [6.07, 6.45) is 3.22. The number of aromatic nitrogens is 1. The Morgan fingerprint density at radius 3 is 2.80 bits per heavy atom. The van der Waals surface area contributed by atoms with Crippen molar-refractivity contribution in [1.82, 2.24) is 9.47 Å². The maximum Gasteiger partial charge on any atom is 0.326 e. The Kier molecular flexibility index (Phi) is 4.52. The lowest BCUT2D eigenvalue weighted by molar-refractivity contribution is -0.144. The van der Waals surface area contributed by atoms with Gasteiger partial charge in [-0.25, -0.2) is 4.79 Å². The van der Waals surface area contributed by atoms with Crippen molar-refractivity contribution >= 4 is 27.8 Å². The van der Waals surface area contributed by atoms with Crippen LogP contribution in [0.25, 0.3) is 0 Å². The van der Waals surface area contributed by atoms with Crippen LogP contribution in [0.3, 0.4) is 0 Å². The monoisotopic (exact) mass is 342 g/mol. The summed E-state index contributed by atoms with van der Waals surface area (Å²) < 4.78 is 2.67. The van der Waals surface area contributed by atoms with E-state index in [1.165, 1.54) is 4.90 Å². The van der Waals surface area contributed by atoms with Gasteiger partial charge in [-0.2, -0.15) is 0 Å². The van der Waals surface area contributed by atoms with Crippen LogP contribution in [-0.2, 0) is 11.3 Å². The number of carbonyl (C=O) groups is 2. The highest BCUT2D eigenvalue weighted by Crippen LogP contribution is 2.25.